The summed E-state index contributed by atoms with van der Waals surface area (Å²) in [5.41, 5.74) is 2.96. The van der Waals surface area contributed by atoms with E-state index in [-0.39, 0.29) is 22.8 Å². The highest BCUT2D eigenvalue weighted by molar-refractivity contribution is 6.42. The summed E-state index contributed by atoms with van der Waals surface area (Å²) in [5.74, 6) is 0.0902. The van der Waals surface area contributed by atoms with E-state index in [4.69, 9.17) is 23.2 Å². The van der Waals surface area contributed by atoms with Gasteiger partial charge < -0.3 is 19.6 Å². The van der Waals surface area contributed by atoms with Crippen LogP contribution in [-0.2, 0) is 10.8 Å². The van der Waals surface area contributed by atoms with E-state index >= 15 is 0 Å². The number of nitrogens with zero attached hydrogens (tertiary/aromatic N) is 4. The number of amides is 3. The largest absolute Gasteiger partial charge is 0.338 e. The van der Waals surface area contributed by atoms with Crippen molar-refractivity contribution in [2.24, 2.45) is 0 Å². The molecule has 3 amide bonds. The highest BCUT2D eigenvalue weighted by Gasteiger charge is 2.41. The van der Waals surface area contributed by atoms with Gasteiger partial charge in [0.05, 0.1) is 10.0 Å². The fourth-order valence-electron chi connectivity index (χ4n) is 7.91. The number of hydrogen-bond acceptors (Lipinski definition) is 3. The van der Waals surface area contributed by atoms with Crippen LogP contribution in [0.3, 0.4) is 0 Å². The lowest BCUT2D eigenvalue weighted by Gasteiger charge is -2.46. The Hall–Kier alpha value is -3.06. The summed E-state index contributed by atoms with van der Waals surface area (Å²) in [6, 6.07) is 26.5. The molecule has 2 heterocycles. The molecule has 0 saturated carbocycles. The van der Waals surface area contributed by atoms with Gasteiger partial charge in [-0.1, -0.05) is 77.8 Å². The van der Waals surface area contributed by atoms with E-state index in [0.29, 0.717) is 36.2 Å². The summed E-state index contributed by atoms with van der Waals surface area (Å²) in [4.78, 5) is 35.3. The Morgan fingerprint density at radius 1 is 0.787 bits per heavy atom. The van der Waals surface area contributed by atoms with Crippen LogP contribution in [0.5, 0.6) is 0 Å². The highest BCUT2D eigenvalue weighted by atomic mass is 35.5. The second-order valence-electron chi connectivity index (χ2n) is 13.5. The molecule has 8 heteroatoms. The monoisotopic (exact) mass is 676 g/mol. The van der Waals surface area contributed by atoms with Gasteiger partial charge in [-0.15, -0.1) is 0 Å². The van der Waals surface area contributed by atoms with Gasteiger partial charge in [0, 0.05) is 56.2 Å². The topological polar surface area (TPSA) is 47.1 Å². The number of piperidine rings is 2. The zero-order chi connectivity index (χ0) is 33.4. The number of urea groups is 1. The van der Waals surface area contributed by atoms with Crippen LogP contribution in [0.15, 0.2) is 78.9 Å². The average Bonchev–Trinajstić information content (AvgIpc) is 3.11. The number of likely N-dealkylation sites (tertiary alicyclic amines) is 2. The Morgan fingerprint density at radius 3 is 2.09 bits per heavy atom. The van der Waals surface area contributed by atoms with Gasteiger partial charge in [-0.05, 0) is 107 Å². The first-order valence-electron chi connectivity index (χ1n) is 17.3. The zero-order valence-electron chi connectivity index (χ0n) is 28.3. The summed E-state index contributed by atoms with van der Waals surface area (Å²) >= 11 is 12.9. The van der Waals surface area contributed by atoms with Crippen molar-refractivity contribution in [1.82, 2.24) is 19.6 Å². The summed E-state index contributed by atoms with van der Waals surface area (Å²) in [5, 5.41) is 1.12. The third-order valence-electron chi connectivity index (χ3n) is 10.6. The van der Waals surface area contributed by atoms with Gasteiger partial charge in [-0.2, -0.15) is 0 Å². The summed E-state index contributed by atoms with van der Waals surface area (Å²) < 4.78 is 0. The fraction of sp³-hybridized carbons (Fsp3) is 0.487. The van der Waals surface area contributed by atoms with Gasteiger partial charge in [-0.25, -0.2) is 4.79 Å². The van der Waals surface area contributed by atoms with Crippen molar-refractivity contribution in [3.05, 3.63) is 106 Å². The molecule has 2 saturated heterocycles. The summed E-state index contributed by atoms with van der Waals surface area (Å²) in [7, 11) is 1.95. The molecule has 0 radical (unpaired) electrons. The van der Waals surface area contributed by atoms with Crippen molar-refractivity contribution >= 4 is 35.1 Å². The smallest absolute Gasteiger partial charge is 0.319 e. The third-order valence-corrected chi connectivity index (χ3v) is 11.4. The van der Waals surface area contributed by atoms with Crippen molar-refractivity contribution in [3.8, 4) is 0 Å². The van der Waals surface area contributed by atoms with Crippen LogP contribution in [0.2, 0.25) is 10.0 Å². The van der Waals surface area contributed by atoms with E-state index in [1.165, 1.54) is 11.1 Å². The average molecular weight is 678 g/mol. The minimum Gasteiger partial charge on any atom is -0.338 e. The Balaban J connectivity index is 1.28. The maximum atomic E-state index is 13.6. The van der Waals surface area contributed by atoms with Crippen molar-refractivity contribution in [2.75, 3.05) is 59.4 Å². The lowest BCUT2D eigenvalue weighted by atomic mass is 9.70. The lowest BCUT2D eigenvalue weighted by Crippen LogP contribution is -2.52. The molecule has 3 aromatic carbocycles. The van der Waals surface area contributed by atoms with Gasteiger partial charge in [-0.3, -0.25) is 4.79 Å². The molecule has 47 heavy (non-hydrogen) atoms. The van der Waals surface area contributed by atoms with Crippen LogP contribution in [0, 0.1) is 0 Å². The Morgan fingerprint density at radius 2 is 1.45 bits per heavy atom. The van der Waals surface area contributed by atoms with Crippen LogP contribution >= 0.6 is 23.2 Å². The van der Waals surface area contributed by atoms with Gasteiger partial charge in [0.15, 0.2) is 0 Å². The zero-order valence-corrected chi connectivity index (χ0v) is 29.8. The number of halogens is 2. The first-order chi connectivity index (χ1) is 22.7. The van der Waals surface area contributed by atoms with Crippen LogP contribution in [0.1, 0.15) is 73.9 Å². The van der Waals surface area contributed by atoms with Crippen LogP contribution in [-0.4, -0.2) is 90.9 Å². The molecule has 252 valence electrons. The van der Waals surface area contributed by atoms with E-state index in [1.807, 2.05) is 78.1 Å². The second-order valence-corrected chi connectivity index (χ2v) is 14.3. The summed E-state index contributed by atoms with van der Waals surface area (Å²) in [6.07, 6.45) is 5.95. The van der Waals surface area contributed by atoms with Crippen molar-refractivity contribution in [2.45, 2.75) is 63.2 Å². The maximum Gasteiger partial charge on any atom is 0.319 e. The first kappa shape index (κ1) is 35.3. The fourth-order valence-corrected chi connectivity index (χ4v) is 8.21. The standard InChI is InChI=1S/C39H50Cl2N4O2/c1-4-44(5-2)37(47)42(3)29-39(32-16-10-7-11-17-32)22-26-43(27-23-39)24-12-20-38(33-18-19-34(40)35(41)28-33)21-13-25-45(30-38)36(46)31-14-8-6-9-15-31/h6-11,14-19,28H,4-5,12-13,20-27,29-30H2,1-3H3. The predicted octanol–water partition coefficient (Wildman–Crippen LogP) is 8.38. The molecule has 2 aliphatic rings. The van der Waals surface area contributed by atoms with Gasteiger partial charge in [0.1, 0.15) is 0 Å². The Bertz CT molecular complexity index is 1470. The maximum absolute atomic E-state index is 13.6. The van der Waals surface area contributed by atoms with Gasteiger partial charge >= 0.3 is 6.03 Å². The first-order valence-corrected chi connectivity index (χ1v) is 18.0. The van der Waals surface area contributed by atoms with E-state index in [9.17, 15) is 9.59 Å². The second kappa shape index (κ2) is 15.9. The molecular weight excluding hydrogens is 627 g/mol. The van der Waals surface area contributed by atoms with Crippen molar-refractivity contribution in [3.63, 3.8) is 0 Å². The van der Waals surface area contributed by atoms with Crippen molar-refractivity contribution < 1.29 is 9.59 Å². The molecule has 6 nitrogen and oxygen atoms in total. The normalized spacial score (nSPS) is 19.7. The van der Waals surface area contributed by atoms with Crippen molar-refractivity contribution in [1.29, 1.82) is 0 Å². The number of benzene rings is 3. The number of hydrogen-bond donors (Lipinski definition) is 0. The molecule has 2 aliphatic heterocycles. The minimum atomic E-state index is -0.187. The quantitative estimate of drug-likeness (QED) is 0.205. The van der Waals surface area contributed by atoms with Crippen LogP contribution < -0.4 is 0 Å². The number of carbonyl (C=O) groups excluding carboxylic acids is 2. The molecule has 0 bridgehead atoms. The molecule has 0 spiro atoms. The molecule has 0 aliphatic carbocycles. The minimum absolute atomic E-state index is 0.0712. The van der Waals surface area contributed by atoms with E-state index in [0.717, 1.165) is 70.3 Å². The summed E-state index contributed by atoms with van der Waals surface area (Å²) in [6.45, 7) is 10.6. The lowest BCUT2D eigenvalue weighted by molar-refractivity contribution is 0.0615. The molecule has 5 rings (SSSR count). The number of likely N-dealkylation sites (N-methyl/N-ethyl adjacent to an activating group) is 1. The molecule has 0 aromatic heterocycles. The molecule has 1 unspecified atom stereocenters. The molecule has 3 aromatic rings. The highest BCUT2D eigenvalue weighted by Crippen LogP contribution is 2.42. The molecule has 0 N–H and O–H groups in total. The van der Waals surface area contributed by atoms with Gasteiger partial charge in [0.25, 0.3) is 5.91 Å². The number of rotatable bonds is 11. The van der Waals surface area contributed by atoms with E-state index in [1.54, 1.807) is 0 Å². The number of carbonyl (C=O) groups is 2. The molecule has 2 fully saturated rings. The van der Waals surface area contributed by atoms with Crippen LogP contribution in [0.25, 0.3) is 0 Å². The predicted molar refractivity (Wildman–Crippen MR) is 194 cm³/mol. The molecule has 1 atom stereocenters. The Labute approximate surface area is 291 Å². The van der Waals surface area contributed by atoms with Crippen LogP contribution in [0.4, 0.5) is 4.79 Å². The molecular formula is C39H50Cl2N4O2. The van der Waals surface area contributed by atoms with E-state index in [2.05, 4.69) is 41.3 Å². The third kappa shape index (κ3) is 8.16. The van der Waals surface area contributed by atoms with E-state index < -0.39 is 0 Å². The Kier molecular flexibility index (Phi) is 11.9. The SMILES string of the molecule is CCN(CC)C(=O)N(C)CC1(c2ccccc2)CCN(CCCC2(c3ccc(Cl)c(Cl)c3)CCCN(C(=O)c3ccccc3)C2)CC1. The van der Waals surface area contributed by atoms with Gasteiger partial charge in [0.2, 0.25) is 0 Å².